The predicted octanol–water partition coefficient (Wildman–Crippen LogP) is 4.85. The lowest BCUT2D eigenvalue weighted by atomic mass is 9.78. The molecule has 178 valence electrons. The van der Waals surface area contributed by atoms with Crippen molar-refractivity contribution in [3.8, 4) is 0 Å². The molecule has 1 saturated heterocycles. The number of hydrogen-bond acceptors (Lipinski definition) is 4. The maximum absolute atomic E-state index is 14.2. The number of halogens is 2. The minimum Gasteiger partial charge on any atom is -0.328 e. The smallest absolute Gasteiger partial charge is 0.224 e. The number of hydrogen-bond donors (Lipinski definition) is 1. The molecule has 4 atom stereocenters. The van der Waals surface area contributed by atoms with E-state index in [0.717, 1.165) is 22.5 Å². The van der Waals surface area contributed by atoms with E-state index in [1.807, 2.05) is 20.0 Å². The Morgan fingerprint density at radius 3 is 2.64 bits per heavy atom. The SMILES string of the molecule is CC(=N)C(Cn1cc(C(C)C2CC(=O)N(CC3=C(F)CCC(F)=C3)C(C)C2=O)cn1)=C(C)P. The second-order valence-corrected chi connectivity index (χ2v) is 9.84. The molecule has 1 fully saturated rings. The van der Waals surface area contributed by atoms with Gasteiger partial charge in [-0.3, -0.25) is 14.3 Å². The van der Waals surface area contributed by atoms with Crippen LogP contribution in [0.15, 0.2) is 46.6 Å². The number of piperidine rings is 1. The van der Waals surface area contributed by atoms with Crippen molar-refractivity contribution in [1.29, 1.82) is 5.41 Å². The topological polar surface area (TPSA) is 79.0 Å². The molecule has 1 N–H and O–H groups in total. The number of likely N-dealkylation sites (tertiary alicyclic amines) is 1. The van der Waals surface area contributed by atoms with E-state index < -0.39 is 23.6 Å². The molecule has 1 amide bonds. The minimum atomic E-state index is -0.720. The Labute approximate surface area is 195 Å². The molecule has 0 radical (unpaired) electrons. The van der Waals surface area contributed by atoms with E-state index in [-0.39, 0.29) is 49.0 Å². The molecule has 1 aliphatic carbocycles. The average Bonchev–Trinajstić information content (AvgIpc) is 3.22. The van der Waals surface area contributed by atoms with Crippen LogP contribution >= 0.6 is 9.24 Å². The van der Waals surface area contributed by atoms with Gasteiger partial charge in [-0.1, -0.05) is 6.92 Å². The van der Waals surface area contributed by atoms with E-state index in [4.69, 9.17) is 5.41 Å². The molecule has 2 aliphatic rings. The van der Waals surface area contributed by atoms with Gasteiger partial charge in [0.15, 0.2) is 5.78 Å². The molecule has 0 bridgehead atoms. The average molecular weight is 477 g/mol. The third kappa shape index (κ3) is 5.55. The minimum absolute atomic E-state index is 0.0175. The van der Waals surface area contributed by atoms with Crippen LogP contribution in [0.1, 0.15) is 58.4 Å². The van der Waals surface area contributed by atoms with Gasteiger partial charge in [0.25, 0.3) is 0 Å². The van der Waals surface area contributed by atoms with E-state index in [0.29, 0.717) is 12.3 Å². The number of allylic oxidation sites excluding steroid dienone is 4. The van der Waals surface area contributed by atoms with Crippen LogP contribution < -0.4 is 0 Å². The first-order valence-electron chi connectivity index (χ1n) is 11.1. The second kappa shape index (κ2) is 10.2. The first-order valence-corrected chi connectivity index (χ1v) is 11.7. The van der Waals surface area contributed by atoms with Gasteiger partial charge in [0.1, 0.15) is 11.7 Å². The van der Waals surface area contributed by atoms with Crippen LogP contribution in [0.4, 0.5) is 8.78 Å². The van der Waals surface area contributed by atoms with Gasteiger partial charge in [0.05, 0.1) is 18.8 Å². The van der Waals surface area contributed by atoms with Crippen molar-refractivity contribution in [3.63, 3.8) is 0 Å². The van der Waals surface area contributed by atoms with Gasteiger partial charge in [-0.05, 0) is 49.2 Å². The fourth-order valence-corrected chi connectivity index (χ4v) is 4.72. The van der Waals surface area contributed by atoms with Gasteiger partial charge in [-0.2, -0.15) is 5.10 Å². The Bertz CT molecular complexity index is 1070. The highest BCUT2D eigenvalue weighted by Gasteiger charge is 2.41. The van der Waals surface area contributed by atoms with Crippen LogP contribution in [0.3, 0.4) is 0 Å². The number of aromatic nitrogens is 2. The number of carbonyl (C=O) groups excluding carboxylic acids is 2. The Kier molecular flexibility index (Phi) is 7.78. The van der Waals surface area contributed by atoms with Crippen molar-refractivity contribution in [3.05, 3.63) is 52.1 Å². The molecule has 0 spiro atoms. The Morgan fingerprint density at radius 2 is 2.00 bits per heavy atom. The Morgan fingerprint density at radius 1 is 1.30 bits per heavy atom. The normalized spacial score (nSPS) is 23.5. The number of Topliss-reactive ketones (excluding diaryl/α,β-unsaturated/α-hetero) is 1. The summed E-state index contributed by atoms with van der Waals surface area (Å²) in [6.07, 6.45) is 4.72. The zero-order valence-electron chi connectivity index (χ0n) is 19.5. The predicted molar refractivity (Wildman–Crippen MR) is 127 cm³/mol. The van der Waals surface area contributed by atoms with Crippen molar-refractivity contribution in [2.75, 3.05) is 6.54 Å². The largest absolute Gasteiger partial charge is 0.328 e. The molecular formula is C24H31F2N4O2P. The van der Waals surface area contributed by atoms with Crippen LogP contribution in [0.2, 0.25) is 0 Å². The number of amides is 1. The highest BCUT2D eigenvalue weighted by molar-refractivity contribution is 7.22. The Balaban J connectivity index is 1.74. The standard InChI is InChI=1S/C24H31F2N4O2P/c1-13(18-9-28-29(10-18)12-21(14(2)27)16(4)33)20-8-23(31)30(15(3)24(20)32)11-17-7-19(25)5-6-22(17)26/h7,9-10,13,15,20,27H,5-6,8,11-12,33H2,1-4H3. The van der Waals surface area contributed by atoms with Crippen molar-refractivity contribution < 1.29 is 18.4 Å². The number of carbonyl (C=O) groups is 2. The van der Waals surface area contributed by atoms with Gasteiger partial charge in [-0.15, -0.1) is 9.24 Å². The van der Waals surface area contributed by atoms with E-state index in [1.54, 1.807) is 24.7 Å². The van der Waals surface area contributed by atoms with Gasteiger partial charge in [-0.25, -0.2) is 8.78 Å². The highest BCUT2D eigenvalue weighted by Crippen LogP contribution is 2.35. The van der Waals surface area contributed by atoms with Gasteiger partial charge < -0.3 is 10.3 Å². The van der Waals surface area contributed by atoms with Crippen LogP contribution in [0.25, 0.3) is 0 Å². The summed E-state index contributed by atoms with van der Waals surface area (Å²) >= 11 is 0. The van der Waals surface area contributed by atoms with Gasteiger partial charge in [0, 0.05) is 49.2 Å². The van der Waals surface area contributed by atoms with Crippen LogP contribution in [-0.4, -0.2) is 44.7 Å². The number of ketones is 1. The van der Waals surface area contributed by atoms with E-state index in [2.05, 4.69) is 14.3 Å². The van der Waals surface area contributed by atoms with Crippen molar-refractivity contribution in [1.82, 2.24) is 14.7 Å². The summed E-state index contributed by atoms with van der Waals surface area (Å²) in [5.74, 6) is -1.91. The van der Waals surface area contributed by atoms with E-state index >= 15 is 0 Å². The lowest BCUT2D eigenvalue weighted by Gasteiger charge is -2.38. The van der Waals surface area contributed by atoms with Crippen molar-refractivity contribution in [2.45, 2.75) is 65.5 Å². The highest BCUT2D eigenvalue weighted by atomic mass is 31.0. The molecule has 6 nitrogen and oxygen atoms in total. The van der Waals surface area contributed by atoms with Crippen LogP contribution in [0, 0.1) is 11.3 Å². The molecule has 33 heavy (non-hydrogen) atoms. The van der Waals surface area contributed by atoms with E-state index in [9.17, 15) is 18.4 Å². The first kappa shape index (κ1) is 25.2. The van der Waals surface area contributed by atoms with Crippen LogP contribution in [-0.2, 0) is 16.1 Å². The summed E-state index contributed by atoms with van der Waals surface area (Å²) in [7, 11) is 2.61. The lowest BCUT2D eigenvalue weighted by molar-refractivity contribution is -0.148. The summed E-state index contributed by atoms with van der Waals surface area (Å²) in [4.78, 5) is 27.5. The van der Waals surface area contributed by atoms with Crippen molar-refractivity contribution in [2.24, 2.45) is 5.92 Å². The first-order chi connectivity index (χ1) is 15.5. The molecule has 1 aromatic rings. The summed E-state index contributed by atoms with van der Waals surface area (Å²) in [5.41, 5.74) is 2.31. The molecular weight excluding hydrogens is 445 g/mol. The molecule has 9 heteroatoms. The monoisotopic (exact) mass is 476 g/mol. The molecule has 0 aromatic carbocycles. The molecule has 2 heterocycles. The quantitative estimate of drug-likeness (QED) is 0.451. The zero-order chi connectivity index (χ0) is 24.4. The molecule has 4 unspecified atom stereocenters. The van der Waals surface area contributed by atoms with Gasteiger partial charge >= 0.3 is 0 Å². The van der Waals surface area contributed by atoms with Gasteiger partial charge in [0.2, 0.25) is 5.91 Å². The summed E-state index contributed by atoms with van der Waals surface area (Å²) < 4.78 is 29.5. The molecule has 0 saturated carbocycles. The maximum atomic E-state index is 14.2. The third-order valence-electron chi connectivity index (χ3n) is 6.59. The zero-order valence-corrected chi connectivity index (χ0v) is 20.6. The number of nitrogens with zero attached hydrogens (tertiary/aromatic N) is 3. The Hall–Kier alpha value is -2.47. The maximum Gasteiger partial charge on any atom is 0.224 e. The van der Waals surface area contributed by atoms with E-state index in [1.165, 1.54) is 4.90 Å². The lowest BCUT2D eigenvalue weighted by Crippen LogP contribution is -2.52. The fourth-order valence-electron chi connectivity index (χ4n) is 4.41. The number of rotatable bonds is 7. The molecule has 1 aliphatic heterocycles. The number of nitrogens with one attached hydrogen (secondary N) is 1. The van der Waals surface area contributed by atoms with Crippen LogP contribution in [0.5, 0.6) is 0 Å². The molecule has 1 aromatic heterocycles. The molecule has 3 rings (SSSR count). The summed E-state index contributed by atoms with van der Waals surface area (Å²) in [5, 5.41) is 13.3. The summed E-state index contributed by atoms with van der Waals surface area (Å²) in [6.45, 7) is 7.55. The van der Waals surface area contributed by atoms with Crippen molar-refractivity contribution >= 4 is 26.6 Å². The third-order valence-corrected chi connectivity index (χ3v) is 6.94. The fraction of sp³-hybridized carbons (Fsp3) is 0.500. The second-order valence-electron chi connectivity index (χ2n) is 8.98. The summed E-state index contributed by atoms with van der Waals surface area (Å²) in [6, 6.07) is -0.720.